The molecule has 4 heteroatoms. The maximum absolute atomic E-state index is 5.78. The molecular weight excluding hydrogens is 226 g/mol. The Balaban J connectivity index is 1.81. The fraction of sp³-hybridized carbons (Fsp3) is 0.929. The Morgan fingerprint density at radius 2 is 2.00 bits per heavy atom. The van der Waals surface area contributed by atoms with Gasteiger partial charge in [0.1, 0.15) is 0 Å². The predicted octanol–water partition coefficient (Wildman–Crippen LogP) is 1.91. The van der Waals surface area contributed by atoms with Crippen LogP contribution >= 0.6 is 0 Å². The number of guanidine groups is 1. The second kappa shape index (κ2) is 5.47. The summed E-state index contributed by atoms with van der Waals surface area (Å²) in [6, 6.07) is 0. The van der Waals surface area contributed by atoms with E-state index in [4.69, 9.17) is 4.74 Å². The topological polar surface area (TPSA) is 45.7 Å². The minimum Gasteiger partial charge on any atom is -0.373 e. The minimum atomic E-state index is -0.0142. The first-order chi connectivity index (χ1) is 8.55. The summed E-state index contributed by atoms with van der Waals surface area (Å²) in [4.78, 5) is 4.68. The fourth-order valence-electron chi connectivity index (χ4n) is 2.23. The van der Waals surface area contributed by atoms with Crippen molar-refractivity contribution in [2.75, 3.05) is 26.2 Å². The first-order valence-electron chi connectivity index (χ1n) is 7.21. The molecule has 1 saturated carbocycles. The zero-order valence-electron chi connectivity index (χ0n) is 12.0. The molecule has 2 N–H and O–H groups in total. The molecule has 0 aromatic rings. The number of nitrogens with zero attached hydrogens (tertiary/aromatic N) is 1. The summed E-state index contributed by atoms with van der Waals surface area (Å²) < 4.78 is 5.78. The molecule has 1 saturated heterocycles. The molecule has 0 radical (unpaired) electrons. The molecule has 1 atom stereocenters. The smallest absolute Gasteiger partial charge is 0.191 e. The van der Waals surface area contributed by atoms with Crippen molar-refractivity contribution in [3.63, 3.8) is 0 Å². The van der Waals surface area contributed by atoms with Gasteiger partial charge in [-0.25, -0.2) is 0 Å². The second-order valence-corrected chi connectivity index (χ2v) is 6.26. The lowest BCUT2D eigenvalue weighted by Crippen LogP contribution is -2.45. The average molecular weight is 253 g/mol. The molecule has 1 aliphatic carbocycles. The number of nitrogens with one attached hydrogen (secondary N) is 2. The van der Waals surface area contributed by atoms with Crippen LogP contribution in [0.4, 0.5) is 0 Å². The largest absolute Gasteiger partial charge is 0.373 e. The summed E-state index contributed by atoms with van der Waals surface area (Å²) in [6.45, 7) is 10.2. The molecule has 1 heterocycles. The van der Waals surface area contributed by atoms with Gasteiger partial charge in [-0.3, -0.25) is 4.99 Å². The highest BCUT2D eigenvalue weighted by Crippen LogP contribution is 2.44. The average Bonchev–Trinajstić information content (AvgIpc) is 2.92. The van der Waals surface area contributed by atoms with Gasteiger partial charge in [-0.15, -0.1) is 0 Å². The van der Waals surface area contributed by atoms with Crippen LogP contribution in [-0.2, 0) is 4.74 Å². The molecule has 0 bridgehead atoms. The highest BCUT2D eigenvalue weighted by Gasteiger charge is 2.37. The van der Waals surface area contributed by atoms with Crippen molar-refractivity contribution in [2.45, 2.75) is 52.1 Å². The van der Waals surface area contributed by atoms with E-state index in [-0.39, 0.29) is 5.60 Å². The van der Waals surface area contributed by atoms with Gasteiger partial charge >= 0.3 is 0 Å². The fourth-order valence-corrected chi connectivity index (χ4v) is 2.23. The number of rotatable bonds is 5. The van der Waals surface area contributed by atoms with Gasteiger partial charge in [0, 0.05) is 26.2 Å². The monoisotopic (exact) mass is 253 g/mol. The van der Waals surface area contributed by atoms with E-state index < -0.39 is 0 Å². The van der Waals surface area contributed by atoms with Crippen LogP contribution < -0.4 is 10.6 Å². The Bertz CT molecular complexity index is 304. The van der Waals surface area contributed by atoms with Crippen molar-refractivity contribution in [1.82, 2.24) is 10.6 Å². The lowest BCUT2D eigenvalue weighted by Gasteiger charge is -2.24. The third kappa shape index (κ3) is 3.87. The third-order valence-electron chi connectivity index (χ3n) is 4.00. The Labute approximate surface area is 111 Å². The molecule has 0 amide bonds. The molecule has 0 aromatic heterocycles. The normalized spacial score (nSPS) is 30.3. The maximum atomic E-state index is 5.78. The number of aliphatic imine (C=N–C) groups is 1. The van der Waals surface area contributed by atoms with Crippen LogP contribution in [0.25, 0.3) is 0 Å². The van der Waals surface area contributed by atoms with Crippen LogP contribution in [-0.4, -0.2) is 37.8 Å². The van der Waals surface area contributed by atoms with Crippen molar-refractivity contribution in [2.24, 2.45) is 10.4 Å². The molecule has 2 rings (SSSR count). The third-order valence-corrected chi connectivity index (χ3v) is 4.00. The molecule has 1 unspecified atom stereocenters. The maximum Gasteiger partial charge on any atom is 0.191 e. The second-order valence-electron chi connectivity index (χ2n) is 6.26. The zero-order chi connectivity index (χ0) is 13.1. The van der Waals surface area contributed by atoms with E-state index >= 15 is 0 Å². The Hall–Kier alpha value is -0.770. The van der Waals surface area contributed by atoms with Crippen LogP contribution in [0, 0.1) is 5.41 Å². The summed E-state index contributed by atoms with van der Waals surface area (Å²) in [7, 11) is 0. The van der Waals surface area contributed by atoms with Gasteiger partial charge < -0.3 is 15.4 Å². The number of hydrogen-bond donors (Lipinski definition) is 2. The Morgan fingerprint density at radius 1 is 1.22 bits per heavy atom. The van der Waals surface area contributed by atoms with Crippen LogP contribution in [0.2, 0.25) is 0 Å². The lowest BCUT2D eigenvalue weighted by molar-refractivity contribution is 0.0243. The van der Waals surface area contributed by atoms with Crippen molar-refractivity contribution in [1.29, 1.82) is 0 Å². The van der Waals surface area contributed by atoms with E-state index in [1.165, 1.54) is 19.3 Å². The summed E-state index contributed by atoms with van der Waals surface area (Å²) in [5.74, 6) is 0.933. The van der Waals surface area contributed by atoms with Gasteiger partial charge in [-0.1, -0.05) is 6.92 Å². The SMILES string of the molecule is CCNC(=NCC1(C)CC1)NCC1(C)CCCO1. The lowest BCUT2D eigenvalue weighted by atomic mass is 10.0. The van der Waals surface area contributed by atoms with Gasteiger partial charge in [0.2, 0.25) is 0 Å². The summed E-state index contributed by atoms with van der Waals surface area (Å²) >= 11 is 0. The first kappa shape index (κ1) is 13.7. The van der Waals surface area contributed by atoms with Crippen LogP contribution in [0.1, 0.15) is 46.5 Å². The number of ether oxygens (including phenoxy) is 1. The van der Waals surface area contributed by atoms with Gasteiger partial charge in [-0.05, 0) is 44.9 Å². The van der Waals surface area contributed by atoms with Gasteiger partial charge in [0.15, 0.2) is 5.96 Å². The minimum absolute atomic E-state index is 0.0142. The zero-order valence-corrected chi connectivity index (χ0v) is 12.0. The molecule has 4 nitrogen and oxygen atoms in total. The highest BCUT2D eigenvalue weighted by atomic mass is 16.5. The standard InChI is InChI=1S/C14H27N3O/c1-4-15-12(16-10-13(2)7-8-13)17-11-14(3)6-5-9-18-14/h4-11H2,1-3H3,(H2,15,16,17). The molecule has 1 aliphatic heterocycles. The quantitative estimate of drug-likeness (QED) is 0.581. The van der Waals surface area contributed by atoms with Gasteiger partial charge in [0.25, 0.3) is 0 Å². The van der Waals surface area contributed by atoms with Crippen molar-refractivity contribution < 1.29 is 4.74 Å². The Kier molecular flexibility index (Phi) is 4.15. The molecule has 0 spiro atoms. The first-order valence-corrected chi connectivity index (χ1v) is 7.21. The van der Waals surface area contributed by atoms with E-state index in [2.05, 4.69) is 36.4 Å². The summed E-state index contributed by atoms with van der Waals surface area (Å²) in [5, 5.41) is 6.72. The van der Waals surface area contributed by atoms with Crippen molar-refractivity contribution >= 4 is 5.96 Å². The summed E-state index contributed by atoms with van der Waals surface area (Å²) in [6.07, 6.45) is 4.94. The van der Waals surface area contributed by atoms with E-state index in [1.807, 2.05) is 0 Å². The van der Waals surface area contributed by atoms with Gasteiger partial charge in [0.05, 0.1) is 5.60 Å². The molecular formula is C14H27N3O. The number of hydrogen-bond acceptors (Lipinski definition) is 2. The molecule has 104 valence electrons. The van der Waals surface area contributed by atoms with E-state index in [1.54, 1.807) is 0 Å². The van der Waals surface area contributed by atoms with Crippen molar-refractivity contribution in [3.8, 4) is 0 Å². The molecule has 2 aliphatic rings. The predicted molar refractivity (Wildman–Crippen MR) is 74.9 cm³/mol. The Morgan fingerprint density at radius 3 is 2.56 bits per heavy atom. The highest BCUT2D eigenvalue weighted by molar-refractivity contribution is 5.79. The van der Waals surface area contributed by atoms with E-state index in [9.17, 15) is 0 Å². The van der Waals surface area contributed by atoms with Crippen molar-refractivity contribution in [3.05, 3.63) is 0 Å². The van der Waals surface area contributed by atoms with Gasteiger partial charge in [-0.2, -0.15) is 0 Å². The van der Waals surface area contributed by atoms with Crippen LogP contribution in [0.3, 0.4) is 0 Å². The molecule has 18 heavy (non-hydrogen) atoms. The summed E-state index contributed by atoms with van der Waals surface area (Å²) in [5.41, 5.74) is 0.454. The molecule has 0 aromatic carbocycles. The van der Waals surface area contributed by atoms with Crippen LogP contribution in [0.15, 0.2) is 4.99 Å². The van der Waals surface area contributed by atoms with Crippen LogP contribution in [0.5, 0.6) is 0 Å². The van der Waals surface area contributed by atoms with E-state index in [0.717, 1.165) is 38.6 Å². The van der Waals surface area contributed by atoms with E-state index in [0.29, 0.717) is 5.41 Å². The molecule has 2 fully saturated rings.